The van der Waals surface area contributed by atoms with E-state index in [1.807, 2.05) is 37.3 Å². The largest absolute Gasteiger partial charge is 0.492 e. The number of halogens is 1. The number of ether oxygens (including phenoxy) is 1. The maximum Gasteiger partial charge on any atom is 0.238 e. The van der Waals surface area contributed by atoms with Crippen LogP contribution in [0.3, 0.4) is 0 Å². The highest BCUT2D eigenvalue weighted by Gasteiger charge is 2.17. The van der Waals surface area contributed by atoms with Gasteiger partial charge in [0.25, 0.3) is 0 Å². The Bertz CT molecular complexity index is 718. The Balaban J connectivity index is 1.64. The SMILES string of the molecule is Cc1cc(I)ccc1NC(=O)CN1CCOc2ccccc2C1. The molecule has 23 heavy (non-hydrogen) atoms. The van der Waals surface area contributed by atoms with Gasteiger partial charge in [-0.1, -0.05) is 18.2 Å². The van der Waals surface area contributed by atoms with E-state index in [0.717, 1.165) is 35.7 Å². The molecule has 0 saturated carbocycles. The second-order valence-corrected chi connectivity index (χ2v) is 6.92. The van der Waals surface area contributed by atoms with Crippen molar-refractivity contribution in [2.75, 3.05) is 25.0 Å². The first-order chi connectivity index (χ1) is 11.1. The van der Waals surface area contributed by atoms with E-state index < -0.39 is 0 Å². The van der Waals surface area contributed by atoms with Gasteiger partial charge in [0.2, 0.25) is 5.91 Å². The van der Waals surface area contributed by atoms with Gasteiger partial charge < -0.3 is 10.1 Å². The standard InChI is InChI=1S/C18H19IN2O2/c1-13-10-15(19)6-7-16(13)20-18(22)12-21-8-9-23-17-5-3-2-4-14(17)11-21/h2-7,10H,8-9,11-12H2,1H3,(H,20,22). The fraction of sp³-hybridized carbons (Fsp3) is 0.278. The van der Waals surface area contributed by atoms with Crippen molar-refractivity contribution in [1.29, 1.82) is 0 Å². The fourth-order valence-corrected chi connectivity index (χ4v) is 3.32. The third-order valence-electron chi connectivity index (χ3n) is 3.86. The molecule has 0 fully saturated rings. The first-order valence-corrected chi connectivity index (χ1v) is 8.69. The van der Waals surface area contributed by atoms with Gasteiger partial charge in [-0.2, -0.15) is 0 Å². The smallest absolute Gasteiger partial charge is 0.238 e. The Morgan fingerprint density at radius 1 is 1.30 bits per heavy atom. The van der Waals surface area contributed by atoms with Gasteiger partial charge in [-0.25, -0.2) is 0 Å². The van der Waals surface area contributed by atoms with Gasteiger partial charge in [-0.3, -0.25) is 9.69 Å². The van der Waals surface area contributed by atoms with Crippen molar-refractivity contribution in [3.63, 3.8) is 0 Å². The van der Waals surface area contributed by atoms with E-state index in [0.29, 0.717) is 13.2 Å². The topological polar surface area (TPSA) is 41.6 Å². The number of amides is 1. The van der Waals surface area contributed by atoms with Crippen LogP contribution in [-0.4, -0.2) is 30.5 Å². The van der Waals surface area contributed by atoms with Gasteiger partial charge in [0.05, 0.1) is 6.54 Å². The highest BCUT2D eigenvalue weighted by Crippen LogP contribution is 2.22. The third-order valence-corrected chi connectivity index (χ3v) is 4.53. The monoisotopic (exact) mass is 422 g/mol. The van der Waals surface area contributed by atoms with Crippen molar-refractivity contribution in [3.05, 3.63) is 57.2 Å². The van der Waals surface area contributed by atoms with E-state index in [-0.39, 0.29) is 5.91 Å². The number of anilines is 1. The maximum absolute atomic E-state index is 12.3. The molecule has 0 atom stereocenters. The number of hydrogen-bond donors (Lipinski definition) is 1. The lowest BCUT2D eigenvalue weighted by molar-refractivity contribution is -0.117. The molecule has 3 rings (SSSR count). The normalized spacial score (nSPS) is 14.5. The van der Waals surface area contributed by atoms with Crippen molar-refractivity contribution in [2.45, 2.75) is 13.5 Å². The highest BCUT2D eigenvalue weighted by atomic mass is 127. The molecule has 0 unspecified atom stereocenters. The first kappa shape index (κ1) is 16.3. The predicted octanol–water partition coefficient (Wildman–Crippen LogP) is 3.43. The van der Waals surface area contributed by atoms with Gasteiger partial charge in [-0.15, -0.1) is 0 Å². The number of aryl methyl sites for hydroxylation is 1. The van der Waals surface area contributed by atoms with Crippen molar-refractivity contribution in [1.82, 2.24) is 4.90 Å². The minimum atomic E-state index is 0.00805. The Kier molecular flexibility index (Phi) is 5.17. The Labute approximate surface area is 150 Å². The van der Waals surface area contributed by atoms with Gasteiger partial charge in [0.15, 0.2) is 0 Å². The first-order valence-electron chi connectivity index (χ1n) is 7.61. The molecular weight excluding hydrogens is 403 g/mol. The molecule has 0 aromatic heterocycles. The third kappa shape index (κ3) is 4.23. The van der Waals surface area contributed by atoms with Crippen LogP contribution in [-0.2, 0) is 11.3 Å². The van der Waals surface area contributed by atoms with Crippen LogP contribution >= 0.6 is 22.6 Å². The van der Waals surface area contributed by atoms with Crippen LogP contribution in [0.4, 0.5) is 5.69 Å². The number of nitrogens with one attached hydrogen (secondary N) is 1. The number of rotatable bonds is 3. The number of carbonyl (C=O) groups is 1. The summed E-state index contributed by atoms with van der Waals surface area (Å²) in [6.45, 7) is 4.45. The molecule has 1 amide bonds. The average molecular weight is 422 g/mol. The molecule has 1 N–H and O–H groups in total. The maximum atomic E-state index is 12.3. The van der Waals surface area contributed by atoms with Gasteiger partial charge in [0.1, 0.15) is 12.4 Å². The molecular formula is C18H19IN2O2. The molecule has 0 bridgehead atoms. The minimum Gasteiger partial charge on any atom is -0.492 e. The summed E-state index contributed by atoms with van der Waals surface area (Å²) in [5.41, 5.74) is 3.08. The molecule has 0 aliphatic carbocycles. The lowest BCUT2D eigenvalue weighted by Gasteiger charge is -2.19. The van der Waals surface area contributed by atoms with Crippen LogP contribution in [0, 0.1) is 10.5 Å². The van der Waals surface area contributed by atoms with Crippen LogP contribution in [0.15, 0.2) is 42.5 Å². The summed E-state index contributed by atoms with van der Waals surface area (Å²) in [5, 5.41) is 3.00. The summed E-state index contributed by atoms with van der Waals surface area (Å²) in [6, 6.07) is 14.0. The molecule has 120 valence electrons. The molecule has 2 aromatic carbocycles. The molecule has 0 saturated heterocycles. The van der Waals surface area contributed by atoms with Crippen LogP contribution in [0.5, 0.6) is 5.75 Å². The molecule has 1 aliphatic rings. The van der Waals surface area contributed by atoms with Crippen LogP contribution in [0.2, 0.25) is 0 Å². The Morgan fingerprint density at radius 2 is 2.13 bits per heavy atom. The van der Waals surface area contributed by atoms with E-state index in [1.54, 1.807) is 0 Å². The van der Waals surface area contributed by atoms with E-state index in [1.165, 1.54) is 3.57 Å². The van der Waals surface area contributed by atoms with E-state index in [4.69, 9.17) is 4.74 Å². The number of fused-ring (bicyclic) bond motifs is 1. The van der Waals surface area contributed by atoms with Crippen molar-refractivity contribution >= 4 is 34.2 Å². The lowest BCUT2D eigenvalue weighted by Crippen LogP contribution is -2.34. The summed E-state index contributed by atoms with van der Waals surface area (Å²) in [5.74, 6) is 0.928. The second kappa shape index (κ2) is 7.31. The average Bonchev–Trinajstić information content (AvgIpc) is 2.71. The molecule has 1 aliphatic heterocycles. The highest BCUT2D eigenvalue weighted by molar-refractivity contribution is 14.1. The van der Waals surface area contributed by atoms with Crippen LogP contribution < -0.4 is 10.1 Å². The molecule has 4 nitrogen and oxygen atoms in total. The zero-order valence-corrected chi connectivity index (χ0v) is 15.2. The summed E-state index contributed by atoms with van der Waals surface area (Å²) in [4.78, 5) is 14.5. The quantitative estimate of drug-likeness (QED) is 0.771. The minimum absolute atomic E-state index is 0.00805. The second-order valence-electron chi connectivity index (χ2n) is 5.67. The van der Waals surface area contributed by atoms with Crippen LogP contribution in [0.25, 0.3) is 0 Å². The summed E-state index contributed by atoms with van der Waals surface area (Å²) in [6.07, 6.45) is 0. The van der Waals surface area contributed by atoms with E-state index in [2.05, 4.69) is 44.9 Å². The van der Waals surface area contributed by atoms with Crippen molar-refractivity contribution in [3.8, 4) is 5.75 Å². The molecule has 5 heteroatoms. The number of nitrogens with zero attached hydrogens (tertiary/aromatic N) is 1. The predicted molar refractivity (Wildman–Crippen MR) is 99.7 cm³/mol. The lowest BCUT2D eigenvalue weighted by atomic mass is 10.2. The van der Waals surface area contributed by atoms with Gasteiger partial charge in [0, 0.05) is 27.9 Å². The molecule has 1 heterocycles. The number of hydrogen-bond acceptors (Lipinski definition) is 3. The Morgan fingerprint density at radius 3 is 2.96 bits per heavy atom. The summed E-state index contributed by atoms with van der Waals surface area (Å²) in [7, 11) is 0. The summed E-state index contributed by atoms with van der Waals surface area (Å²) < 4.78 is 6.90. The zero-order valence-electron chi connectivity index (χ0n) is 13.0. The molecule has 2 aromatic rings. The van der Waals surface area contributed by atoms with Gasteiger partial charge >= 0.3 is 0 Å². The van der Waals surface area contributed by atoms with Gasteiger partial charge in [-0.05, 0) is 59.3 Å². The molecule has 0 radical (unpaired) electrons. The Hall–Kier alpha value is -1.60. The zero-order chi connectivity index (χ0) is 16.2. The van der Waals surface area contributed by atoms with E-state index in [9.17, 15) is 4.79 Å². The number of benzene rings is 2. The summed E-state index contributed by atoms with van der Waals surface area (Å²) >= 11 is 2.27. The fourth-order valence-electron chi connectivity index (χ4n) is 2.68. The van der Waals surface area contributed by atoms with E-state index >= 15 is 0 Å². The van der Waals surface area contributed by atoms with Crippen molar-refractivity contribution in [2.24, 2.45) is 0 Å². The van der Waals surface area contributed by atoms with Crippen molar-refractivity contribution < 1.29 is 9.53 Å². The number of para-hydroxylation sites is 1. The van der Waals surface area contributed by atoms with Crippen LogP contribution in [0.1, 0.15) is 11.1 Å². The number of carbonyl (C=O) groups excluding carboxylic acids is 1. The molecule has 0 spiro atoms.